The van der Waals surface area contributed by atoms with Crippen LogP contribution in [0.1, 0.15) is 29.4 Å². The summed E-state index contributed by atoms with van der Waals surface area (Å²) in [5.74, 6) is -1.73. The number of aryl methyl sites for hydroxylation is 1. The molecule has 0 radical (unpaired) electrons. The summed E-state index contributed by atoms with van der Waals surface area (Å²) in [6.07, 6.45) is 1.38. The molecule has 2 N–H and O–H groups in total. The number of carbonyl (C=O) groups excluding carboxylic acids is 1. The molecule has 0 bridgehead atoms. The van der Waals surface area contributed by atoms with E-state index in [1.165, 1.54) is 20.3 Å². The fourth-order valence-corrected chi connectivity index (χ4v) is 3.03. The highest BCUT2D eigenvalue weighted by Gasteiger charge is 2.22. The van der Waals surface area contributed by atoms with Crippen LogP contribution in [0.5, 0.6) is 11.5 Å². The number of benzene rings is 2. The minimum Gasteiger partial charge on any atom is -0.493 e. The zero-order valence-electron chi connectivity index (χ0n) is 16.3. The van der Waals surface area contributed by atoms with Crippen LogP contribution in [0.3, 0.4) is 0 Å². The van der Waals surface area contributed by atoms with Crippen molar-refractivity contribution in [2.45, 2.75) is 19.8 Å². The van der Waals surface area contributed by atoms with Gasteiger partial charge in [0.2, 0.25) is 0 Å². The molecule has 0 aliphatic carbocycles. The summed E-state index contributed by atoms with van der Waals surface area (Å²) >= 11 is 0. The summed E-state index contributed by atoms with van der Waals surface area (Å²) < 4.78 is 38.6. The molecule has 1 amide bonds. The number of ether oxygens (including phenoxy) is 2. The molecule has 152 valence electrons. The summed E-state index contributed by atoms with van der Waals surface area (Å²) in [5.41, 5.74) is 1.45. The van der Waals surface area contributed by atoms with Crippen molar-refractivity contribution in [3.8, 4) is 22.8 Å². The predicted octanol–water partition coefficient (Wildman–Crippen LogP) is 4.58. The Hall–Kier alpha value is -3.42. The molecule has 0 atom stereocenters. The maximum atomic E-state index is 14.0. The van der Waals surface area contributed by atoms with Gasteiger partial charge in [0, 0.05) is 5.56 Å². The van der Waals surface area contributed by atoms with Crippen molar-refractivity contribution in [1.29, 1.82) is 0 Å². The number of carbonyl (C=O) groups is 1. The zero-order valence-corrected chi connectivity index (χ0v) is 16.3. The maximum absolute atomic E-state index is 14.0. The normalized spacial score (nSPS) is 10.7. The Kier molecular flexibility index (Phi) is 6.11. The summed E-state index contributed by atoms with van der Waals surface area (Å²) in [6.45, 7) is 1.97. The highest BCUT2D eigenvalue weighted by atomic mass is 19.1. The van der Waals surface area contributed by atoms with E-state index < -0.39 is 23.1 Å². The van der Waals surface area contributed by atoms with Crippen molar-refractivity contribution < 1.29 is 23.0 Å². The van der Waals surface area contributed by atoms with Crippen molar-refractivity contribution in [3.05, 3.63) is 59.3 Å². The molecule has 1 aromatic heterocycles. The van der Waals surface area contributed by atoms with Gasteiger partial charge in [0.05, 0.1) is 25.6 Å². The van der Waals surface area contributed by atoms with Crippen LogP contribution < -0.4 is 14.8 Å². The van der Waals surface area contributed by atoms with Gasteiger partial charge in [0.1, 0.15) is 22.9 Å². The van der Waals surface area contributed by atoms with Gasteiger partial charge in [0.15, 0.2) is 11.5 Å². The van der Waals surface area contributed by atoms with E-state index in [0.29, 0.717) is 40.6 Å². The molecule has 29 heavy (non-hydrogen) atoms. The first-order chi connectivity index (χ1) is 14.0. The summed E-state index contributed by atoms with van der Waals surface area (Å²) in [7, 11) is 3.04. The predicted molar refractivity (Wildman–Crippen MR) is 105 cm³/mol. The number of aromatic nitrogens is 2. The fourth-order valence-electron chi connectivity index (χ4n) is 3.03. The number of methoxy groups -OCH3 is 2. The lowest BCUT2D eigenvalue weighted by Crippen LogP contribution is -2.17. The molecule has 2 aromatic carbocycles. The van der Waals surface area contributed by atoms with Gasteiger partial charge < -0.3 is 14.8 Å². The second kappa shape index (κ2) is 8.72. The molecular weight excluding hydrogens is 380 g/mol. The minimum absolute atomic E-state index is 0.367. The first kappa shape index (κ1) is 20.3. The van der Waals surface area contributed by atoms with E-state index >= 15 is 0 Å². The van der Waals surface area contributed by atoms with Crippen LogP contribution in [-0.2, 0) is 6.42 Å². The number of hydrogen-bond acceptors (Lipinski definition) is 4. The number of hydrogen-bond donors (Lipinski definition) is 2. The Morgan fingerprint density at radius 3 is 2.41 bits per heavy atom. The van der Waals surface area contributed by atoms with Gasteiger partial charge in [-0.1, -0.05) is 19.4 Å². The van der Waals surface area contributed by atoms with Crippen LogP contribution in [0, 0.1) is 11.6 Å². The third-order valence-electron chi connectivity index (χ3n) is 4.43. The quantitative estimate of drug-likeness (QED) is 0.608. The van der Waals surface area contributed by atoms with Crippen molar-refractivity contribution >= 4 is 11.6 Å². The number of rotatable bonds is 7. The summed E-state index contributed by atoms with van der Waals surface area (Å²) in [4.78, 5) is 12.6. The maximum Gasteiger partial charge on any atom is 0.261 e. The smallest absolute Gasteiger partial charge is 0.261 e. The Bertz CT molecular complexity index is 1010. The Morgan fingerprint density at radius 1 is 1.10 bits per heavy atom. The SMILES string of the molecule is CCCc1[nH]nc(-c2ccc(OC)c(OC)c2)c1NC(=O)c1c(F)cccc1F. The van der Waals surface area contributed by atoms with Gasteiger partial charge >= 0.3 is 0 Å². The van der Waals surface area contributed by atoms with E-state index in [9.17, 15) is 13.6 Å². The highest BCUT2D eigenvalue weighted by molar-refractivity contribution is 6.06. The van der Waals surface area contributed by atoms with Crippen molar-refractivity contribution in [2.75, 3.05) is 19.5 Å². The number of anilines is 1. The van der Waals surface area contributed by atoms with E-state index in [1.807, 2.05) is 6.92 Å². The van der Waals surface area contributed by atoms with Crippen molar-refractivity contribution in [2.24, 2.45) is 0 Å². The second-order valence-electron chi connectivity index (χ2n) is 6.30. The topological polar surface area (TPSA) is 76.2 Å². The van der Waals surface area contributed by atoms with Crippen molar-refractivity contribution in [1.82, 2.24) is 10.2 Å². The Morgan fingerprint density at radius 2 is 1.79 bits per heavy atom. The van der Waals surface area contributed by atoms with Crippen molar-refractivity contribution in [3.63, 3.8) is 0 Å². The third-order valence-corrected chi connectivity index (χ3v) is 4.43. The van der Waals surface area contributed by atoms with E-state index in [2.05, 4.69) is 15.5 Å². The minimum atomic E-state index is -0.935. The Labute approximate surface area is 166 Å². The van der Waals surface area contributed by atoms with Crippen LogP contribution in [0.15, 0.2) is 36.4 Å². The molecule has 3 rings (SSSR count). The first-order valence-electron chi connectivity index (χ1n) is 9.05. The molecule has 8 heteroatoms. The fraction of sp³-hybridized carbons (Fsp3) is 0.238. The Balaban J connectivity index is 2.05. The molecule has 0 aliphatic rings. The van der Waals surface area contributed by atoms with Gasteiger partial charge in [-0.15, -0.1) is 0 Å². The van der Waals surface area contributed by atoms with Crippen LogP contribution >= 0.6 is 0 Å². The molecule has 0 unspecified atom stereocenters. The van der Waals surface area contributed by atoms with Crippen LogP contribution in [0.25, 0.3) is 11.3 Å². The van der Waals surface area contributed by atoms with Gasteiger partial charge in [-0.05, 0) is 36.8 Å². The highest BCUT2D eigenvalue weighted by Crippen LogP contribution is 2.36. The van der Waals surface area contributed by atoms with Gasteiger partial charge in [0.25, 0.3) is 5.91 Å². The van der Waals surface area contributed by atoms with Crippen LogP contribution in [0.4, 0.5) is 14.5 Å². The lowest BCUT2D eigenvalue weighted by atomic mass is 10.1. The zero-order chi connectivity index (χ0) is 21.0. The molecule has 0 spiro atoms. The molecule has 6 nitrogen and oxygen atoms in total. The van der Waals surface area contributed by atoms with Gasteiger partial charge in [-0.25, -0.2) is 8.78 Å². The molecule has 0 saturated heterocycles. The number of halogens is 2. The van der Waals surface area contributed by atoms with Crippen LogP contribution in [0.2, 0.25) is 0 Å². The molecule has 1 heterocycles. The van der Waals surface area contributed by atoms with E-state index in [-0.39, 0.29) is 0 Å². The van der Waals surface area contributed by atoms with E-state index in [0.717, 1.165) is 18.6 Å². The molecular formula is C21H21F2N3O3. The molecule has 0 aliphatic heterocycles. The largest absolute Gasteiger partial charge is 0.493 e. The van der Waals surface area contributed by atoms with E-state index in [1.54, 1.807) is 18.2 Å². The third kappa shape index (κ3) is 4.06. The lowest BCUT2D eigenvalue weighted by Gasteiger charge is -2.11. The number of H-pyrrole nitrogens is 1. The number of nitrogens with one attached hydrogen (secondary N) is 2. The second-order valence-corrected chi connectivity index (χ2v) is 6.30. The standard InChI is InChI=1S/C21H21F2N3O3/c1-4-6-15-20(24-21(27)18-13(22)7-5-8-14(18)23)19(26-25-15)12-9-10-16(28-2)17(11-12)29-3/h5,7-11H,4,6H2,1-3H3,(H,24,27)(H,25,26). The molecule has 3 aromatic rings. The summed E-state index contributed by atoms with van der Waals surface area (Å²) in [6, 6.07) is 8.46. The van der Waals surface area contributed by atoms with Gasteiger partial charge in [-0.3, -0.25) is 9.89 Å². The average molecular weight is 401 g/mol. The molecule has 0 saturated carbocycles. The first-order valence-corrected chi connectivity index (χ1v) is 9.05. The van der Waals surface area contributed by atoms with E-state index in [4.69, 9.17) is 9.47 Å². The monoisotopic (exact) mass is 401 g/mol. The number of aromatic amines is 1. The number of nitrogens with zero attached hydrogens (tertiary/aromatic N) is 1. The summed E-state index contributed by atoms with van der Waals surface area (Å²) in [5, 5.41) is 9.83. The van der Waals surface area contributed by atoms with Crippen LogP contribution in [-0.4, -0.2) is 30.3 Å². The molecule has 0 fully saturated rings. The van der Waals surface area contributed by atoms with Gasteiger partial charge in [-0.2, -0.15) is 5.10 Å². The average Bonchev–Trinajstić information content (AvgIpc) is 3.09. The lowest BCUT2D eigenvalue weighted by molar-refractivity contribution is 0.101. The number of amides is 1.